The molecule has 0 amide bonds. The molecule has 0 spiro atoms. The number of rotatable bonds is 1. The van der Waals surface area contributed by atoms with Crippen molar-refractivity contribution in [3.8, 4) is 0 Å². The van der Waals surface area contributed by atoms with Gasteiger partial charge in [-0.3, -0.25) is 0 Å². The lowest BCUT2D eigenvalue weighted by Gasteiger charge is -1.99. The highest BCUT2D eigenvalue weighted by atomic mass is 15.6. The van der Waals surface area contributed by atoms with Gasteiger partial charge >= 0.3 is 0 Å². The zero-order chi connectivity index (χ0) is 19.0. The van der Waals surface area contributed by atoms with Crippen LogP contribution in [0.5, 0.6) is 0 Å². The van der Waals surface area contributed by atoms with Crippen LogP contribution in [-0.4, -0.2) is 34.6 Å². The van der Waals surface area contributed by atoms with Crippen molar-refractivity contribution in [1.82, 2.24) is 34.6 Å². The van der Waals surface area contributed by atoms with E-state index >= 15 is 0 Å². The number of tetrazole rings is 2. The van der Waals surface area contributed by atoms with E-state index in [1.165, 1.54) is 0 Å². The van der Waals surface area contributed by atoms with Crippen LogP contribution in [0.15, 0.2) is 48.5 Å². The minimum absolute atomic E-state index is 0.973. The van der Waals surface area contributed by atoms with Gasteiger partial charge in [-0.25, -0.2) is 4.68 Å². The molecule has 6 aromatic rings. The van der Waals surface area contributed by atoms with E-state index in [1.807, 2.05) is 44.6 Å². The molecule has 0 saturated carbocycles. The molecule has 0 radical (unpaired) electrons. The van der Waals surface area contributed by atoms with E-state index in [-0.39, 0.29) is 0 Å². The Labute approximate surface area is 158 Å². The number of hydrogen-bond acceptors (Lipinski definition) is 4. The fourth-order valence-electron chi connectivity index (χ4n) is 4.35. The highest BCUT2D eigenvalue weighted by molar-refractivity contribution is 6.04. The van der Waals surface area contributed by atoms with E-state index in [9.17, 15) is 0 Å². The second-order valence-electron chi connectivity index (χ2n) is 7.09. The molecule has 4 heterocycles. The summed E-state index contributed by atoms with van der Waals surface area (Å²) in [5.74, 6) is 0. The average molecular weight is 369 g/mol. The molecule has 0 N–H and O–H groups in total. The Hall–Kier alpha value is -3.81. The van der Waals surface area contributed by atoms with E-state index in [0.29, 0.717) is 0 Å². The van der Waals surface area contributed by atoms with E-state index in [0.717, 1.165) is 49.5 Å². The van der Waals surface area contributed by atoms with E-state index in [4.69, 9.17) is 0 Å². The summed E-state index contributed by atoms with van der Waals surface area (Å²) >= 11 is 0. The molecule has 0 bridgehead atoms. The second-order valence-corrected chi connectivity index (χ2v) is 7.09. The molecule has 4 aromatic heterocycles. The van der Waals surface area contributed by atoms with E-state index in [2.05, 4.69) is 64.2 Å². The highest BCUT2D eigenvalue weighted by Crippen LogP contribution is 2.29. The Bertz CT molecular complexity index is 1600. The molecule has 0 aliphatic heterocycles. The lowest BCUT2D eigenvalue weighted by Crippen LogP contribution is -2.30. The molecule has 0 unspecified atom stereocenters. The summed E-state index contributed by atoms with van der Waals surface area (Å²) in [5.41, 5.74) is 4.05. The molecule has 0 fully saturated rings. The number of aromatic nitrogens is 8. The maximum absolute atomic E-state index is 4.41. The van der Waals surface area contributed by atoms with Gasteiger partial charge in [0.15, 0.2) is 16.2 Å². The molecule has 0 aliphatic carbocycles. The quantitative estimate of drug-likeness (QED) is 0.408. The number of nitrogens with zero attached hydrogens (tertiary/aromatic N) is 8. The third-order valence-electron chi connectivity index (χ3n) is 5.52. The lowest BCUT2D eigenvalue weighted by atomic mass is 10.1. The number of benzene rings is 2. The first-order chi connectivity index (χ1) is 13.7. The Morgan fingerprint density at radius 2 is 1.50 bits per heavy atom. The maximum atomic E-state index is 4.41. The van der Waals surface area contributed by atoms with Gasteiger partial charge in [-0.15, -0.1) is 4.68 Å². The third kappa shape index (κ3) is 1.72. The van der Waals surface area contributed by atoms with Crippen LogP contribution in [0.2, 0.25) is 0 Å². The molecule has 8 nitrogen and oxygen atoms in total. The monoisotopic (exact) mass is 369 g/mol. The van der Waals surface area contributed by atoms with Crippen molar-refractivity contribution in [3.63, 3.8) is 0 Å². The Morgan fingerprint density at radius 1 is 0.821 bits per heavy atom. The van der Waals surface area contributed by atoms with Crippen LogP contribution in [-0.2, 0) is 14.1 Å². The van der Waals surface area contributed by atoms with E-state index in [1.54, 1.807) is 0 Å². The molecule has 0 aliphatic rings. The fourth-order valence-corrected chi connectivity index (χ4v) is 4.35. The first-order valence-electron chi connectivity index (χ1n) is 9.09. The van der Waals surface area contributed by atoms with E-state index < -0.39 is 0 Å². The number of fused-ring (bicyclic) bond motifs is 6. The number of hydrogen-bond donors (Lipinski definition) is 0. The van der Waals surface area contributed by atoms with Crippen LogP contribution >= 0.6 is 0 Å². The van der Waals surface area contributed by atoms with Crippen molar-refractivity contribution >= 4 is 38.4 Å². The largest absolute Gasteiger partial charge is 0.295 e. The first kappa shape index (κ1) is 15.3. The molecular formula is C20H17N8+. The summed E-state index contributed by atoms with van der Waals surface area (Å²) in [5, 5.41) is 22.9. The molecule has 0 saturated heterocycles. The van der Waals surface area contributed by atoms with Gasteiger partial charge in [0.05, 0.1) is 18.1 Å². The zero-order valence-corrected chi connectivity index (χ0v) is 15.7. The lowest BCUT2D eigenvalue weighted by molar-refractivity contribution is -0.706. The predicted molar refractivity (Wildman–Crippen MR) is 105 cm³/mol. The standard InChI is InChI=1S/C20H17N8/c1-12(17-13-8-4-6-10-15(13)19-25(2)21-23-27(17)19)18-14-9-5-7-11-16(14)20-26(3)22-24-28(18)20/h4-11H,1-3H3/q+1. The summed E-state index contributed by atoms with van der Waals surface area (Å²) in [4.78, 5) is 0. The van der Waals surface area contributed by atoms with Gasteiger partial charge in [-0.1, -0.05) is 42.5 Å². The van der Waals surface area contributed by atoms with Crippen LogP contribution < -0.4 is 10.0 Å². The Balaban J connectivity index is 1.90. The van der Waals surface area contributed by atoms with Gasteiger partial charge in [-0.2, -0.15) is 4.52 Å². The van der Waals surface area contributed by atoms with Crippen molar-refractivity contribution in [2.75, 3.05) is 0 Å². The van der Waals surface area contributed by atoms with Gasteiger partial charge in [0, 0.05) is 28.8 Å². The van der Waals surface area contributed by atoms with Crippen molar-refractivity contribution in [2.45, 2.75) is 6.92 Å². The van der Waals surface area contributed by atoms with Gasteiger partial charge in [0.2, 0.25) is 0 Å². The minimum Gasteiger partial charge on any atom is -0.230 e. The summed E-state index contributed by atoms with van der Waals surface area (Å²) in [6.07, 6.45) is 0. The van der Waals surface area contributed by atoms with Crippen LogP contribution in [0.1, 0.15) is 12.6 Å². The van der Waals surface area contributed by atoms with Crippen LogP contribution in [0, 0.1) is 0 Å². The molecule has 2 aromatic carbocycles. The van der Waals surface area contributed by atoms with Crippen LogP contribution in [0.25, 0.3) is 38.4 Å². The molecule has 6 rings (SSSR count). The van der Waals surface area contributed by atoms with Crippen molar-refractivity contribution in [2.24, 2.45) is 14.1 Å². The summed E-state index contributed by atoms with van der Waals surface area (Å²) in [6.45, 7) is 2.12. The van der Waals surface area contributed by atoms with Gasteiger partial charge in [0.25, 0.3) is 5.65 Å². The summed E-state index contributed by atoms with van der Waals surface area (Å²) in [6, 6.07) is 16.7. The Kier molecular flexibility index (Phi) is 2.80. The smallest absolute Gasteiger partial charge is 0.230 e. The van der Waals surface area contributed by atoms with Crippen LogP contribution in [0.4, 0.5) is 0 Å². The van der Waals surface area contributed by atoms with Gasteiger partial charge in [-0.05, 0) is 27.9 Å². The molecule has 136 valence electrons. The summed E-state index contributed by atoms with van der Waals surface area (Å²) in [7, 11) is 3.84. The highest BCUT2D eigenvalue weighted by Gasteiger charge is 2.24. The SMILES string of the molecule is C/C(c1c2ccccc2c2n(C)nnn12)=c1/c2ccccc2c2n1nn[n+]2C. The number of aryl methyl sites for hydroxylation is 2. The molecule has 8 heteroatoms. The Morgan fingerprint density at radius 3 is 2.29 bits per heavy atom. The fraction of sp³-hybridized carbons (Fsp3) is 0.150. The normalized spacial score (nSPS) is 13.4. The molecule has 28 heavy (non-hydrogen) atoms. The predicted octanol–water partition coefficient (Wildman–Crippen LogP) is 1.18. The average Bonchev–Trinajstić information content (AvgIpc) is 3.42. The third-order valence-corrected chi connectivity index (χ3v) is 5.52. The first-order valence-corrected chi connectivity index (χ1v) is 9.09. The summed E-state index contributed by atoms with van der Waals surface area (Å²) < 4.78 is 7.47. The minimum atomic E-state index is 0.973. The van der Waals surface area contributed by atoms with Gasteiger partial charge in [0.1, 0.15) is 5.21 Å². The maximum Gasteiger partial charge on any atom is 0.295 e. The van der Waals surface area contributed by atoms with Crippen molar-refractivity contribution in [3.05, 3.63) is 59.6 Å². The van der Waals surface area contributed by atoms with Crippen molar-refractivity contribution < 1.29 is 4.68 Å². The van der Waals surface area contributed by atoms with Crippen molar-refractivity contribution in [1.29, 1.82) is 0 Å². The second kappa shape index (κ2) is 5.13. The van der Waals surface area contributed by atoms with Gasteiger partial charge < -0.3 is 0 Å². The molecule has 0 atom stereocenters. The van der Waals surface area contributed by atoms with Crippen LogP contribution in [0.3, 0.4) is 0 Å². The zero-order valence-electron chi connectivity index (χ0n) is 15.7. The molecular weight excluding hydrogens is 352 g/mol. The topological polar surface area (TPSA) is 69.2 Å².